The maximum absolute atomic E-state index is 10.9. The number of rotatable bonds is 4. The van der Waals surface area contributed by atoms with Gasteiger partial charge in [0.25, 0.3) is 0 Å². The van der Waals surface area contributed by atoms with E-state index in [-0.39, 0.29) is 12.8 Å². The minimum atomic E-state index is -0.870. The van der Waals surface area contributed by atoms with E-state index in [0.29, 0.717) is 17.3 Å². The van der Waals surface area contributed by atoms with Crippen LogP contribution in [0.1, 0.15) is 12.2 Å². The van der Waals surface area contributed by atoms with Gasteiger partial charge in [0.2, 0.25) is 0 Å². The highest BCUT2D eigenvalue weighted by molar-refractivity contribution is 5.91. The number of aryl methyl sites for hydroxylation is 1. The third kappa shape index (κ3) is 2.45. The topological polar surface area (TPSA) is 93.3 Å². The number of aliphatic carboxylic acids is 1. The molecule has 0 unspecified atom stereocenters. The second-order valence-corrected chi connectivity index (χ2v) is 5.35. The van der Waals surface area contributed by atoms with Crippen molar-refractivity contribution in [1.82, 2.24) is 24.6 Å². The van der Waals surface area contributed by atoms with Gasteiger partial charge in [-0.1, -0.05) is 12.1 Å². The molecule has 0 radical (unpaired) electrons. The number of hydrogen-bond acceptors (Lipinski definition) is 5. The third-order valence-electron chi connectivity index (χ3n) is 3.73. The van der Waals surface area contributed by atoms with Gasteiger partial charge in [-0.05, 0) is 24.3 Å². The molecule has 1 aromatic carbocycles. The van der Waals surface area contributed by atoms with E-state index in [9.17, 15) is 4.79 Å². The Bertz CT molecular complexity index is 1040. The molecule has 4 aromatic rings. The molecular formula is C17H13N5O2. The fraction of sp³-hybridized carbons (Fsp3) is 0.118. The molecule has 7 nitrogen and oxygen atoms in total. The zero-order valence-electron chi connectivity index (χ0n) is 12.6. The Hall–Kier alpha value is -3.35. The van der Waals surface area contributed by atoms with Gasteiger partial charge in [0, 0.05) is 29.8 Å². The molecule has 118 valence electrons. The van der Waals surface area contributed by atoms with Crippen LogP contribution in [0.3, 0.4) is 0 Å². The zero-order valence-corrected chi connectivity index (χ0v) is 12.6. The summed E-state index contributed by atoms with van der Waals surface area (Å²) >= 11 is 0. The molecule has 3 aromatic heterocycles. The molecule has 0 saturated heterocycles. The second-order valence-electron chi connectivity index (χ2n) is 5.35. The molecule has 24 heavy (non-hydrogen) atoms. The molecule has 0 aliphatic carbocycles. The molecule has 0 amide bonds. The van der Waals surface area contributed by atoms with Gasteiger partial charge in [-0.3, -0.25) is 9.78 Å². The summed E-state index contributed by atoms with van der Waals surface area (Å²) in [4.78, 5) is 24.2. The molecule has 1 N–H and O–H groups in total. The molecule has 7 heteroatoms. The van der Waals surface area contributed by atoms with Crippen molar-refractivity contribution in [3.8, 4) is 11.4 Å². The average molecular weight is 319 g/mol. The predicted octanol–water partition coefficient (Wildman–Crippen LogP) is 2.36. The van der Waals surface area contributed by atoms with Crippen LogP contribution in [0.15, 0.2) is 48.8 Å². The molecule has 0 aliphatic heterocycles. The lowest BCUT2D eigenvalue weighted by molar-refractivity contribution is -0.137. The molecule has 0 fully saturated rings. The van der Waals surface area contributed by atoms with Gasteiger partial charge in [0.15, 0.2) is 11.5 Å². The molecule has 0 saturated carbocycles. The van der Waals surface area contributed by atoms with Gasteiger partial charge in [-0.2, -0.15) is 4.52 Å². The van der Waals surface area contributed by atoms with Gasteiger partial charge >= 0.3 is 5.97 Å². The minimum Gasteiger partial charge on any atom is -0.481 e. The molecule has 0 spiro atoms. The number of para-hydroxylation sites is 1. The Morgan fingerprint density at radius 1 is 1.12 bits per heavy atom. The van der Waals surface area contributed by atoms with Crippen molar-refractivity contribution in [1.29, 1.82) is 0 Å². The summed E-state index contributed by atoms with van der Waals surface area (Å²) in [6.45, 7) is 0. The Labute approximate surface area is 136 Å². The first-order chi connectivity index (χ1) is 11.7. The standard InChI is InChI=1S/C17H13N5O2/c23-15(24)8-7-14-19-13-6-2-1-5-12(13)17-20-16(21-22(14)17)11-4-3-9-18-10-11/h1-6,9-10H,7-8H2,(H,23,24). The van der Waals surface area contributed by atoms with E-state index in [1.165, 1.54) is 0 Å². The normalized spacial score (nSPS) is 11.2. The Morgan fingerprint density at radius 2 is 2.00 bits per heavy atom. The van der Waals surface area contributed by atoms with Crippen LogP contribution in [0, 0.1) is 0 Å². The Balaban J connectivity index is 1.96. The van der Waals surface area contributed by atoms with Crippen molar-refractivity contribution in [2.75, 3.05) is 0 Å². The number of aromatic nitrogens is 5. The van der Waals surface area contributed by atoms with E-state index in [1.807, 2.05) is 36.4 Å². The number of nitrogens with zero attached hydrogens (tertiary/aromatic N) is 5. The fourth-order valence-corrected chi connectivity index (χ4v) is 2.61. The molecular weight excluding hydrogens is 306 g/mol. The number of carboxylic acid groups (broad SMARTS) is 1. The molecule has 4 rings (SSSR count). The van der Waals surface area contributed by atoms with E-state index in [2.05, 4.69) is 20.1 Å². The zero-order chi connectivity index (χ0) is 16.5. The first-order valence-electron chi connectivity index (χ1n) is 7.49. The first-order valence-corrected chi connectivity index (χ1v) is 7.49. The predicted molar refractivity (Wildman–Crippen MR) is 87.5 cm³/mol. The molecule has 0 bridgehead atoms. The summed E-state index contributed by atoms with van der Waals surface area (Å²) in [5.74, 6) is 0.247. The van der Waals surface area contributed by atoms with Crippen molar-refractivity contribution in [2.24, 2.45) is 0 Å². The van der Waals surface area contributed by atoms with Crippen molar-refractivity contribution in [3.05, 3.63) is 54.6 Å². The van der Waals surface area contributed by atoms with Crippen LogP contribution in [-0.2, 0) is 11.2 Å². The van der Waals surface area contributed by atoms with Crippen molar-refractivity contribution in [3.63, 3.8) is 0 Å². The highest BCUT2D eigenvalue weighted by Crippen LogP contribution is 2.22. The van der Waals surface area contributed by atoms with Gasteiger partial charge in [-0.25, -0.2) is 9.97 Å². The highest BCUT2D eigenvalue weighted by Gasteiger charge is 2.15. The fourth-order valence-electron chi connectivity index (χ4n) is 2.61. The SMILES string of the molecule is O=C(O)CCc1nc2ccccc2c2nc(-c3cccnc3)nn12. The number of pyridine rings is 1. The largest absolute Gasteiger partial charge is 0.481 e. The quantitative estimate of drug-likeness (QED) is 0.620. The van der Waals surface area contributed by atoms with Gasteiger partial charge in [0.05, 0.1) is 11.9 Å². The Morgan fingerprint density at radius 3 is 2.79 bits per heavy atom. The lowest BCUT2D eigenvalue weighted by Gasteiger charge is -2.05. The highest BCUT2D eigenvalue weighted by atomic mass is 16.4. The maximum atomic E-state index is 10.9. The van der Waals surface area contributed by atoms with Crippen LogP contribution >= 0.6 is 0 Å². The van der Waals surface area contributed by atoms with E-state index >= 15 is 0 Å². The van der Waals surface area contributed by atoms with E-state index < -0.39 is 5.97 Å². The molecule has 0 atom stereocenters. The van der Waals surface area contributed by atoms with Crippen LogP contribution in [0.25, 0.3) is 27.9 Å². The number of fused-ring (bicyclic) bond motifs is 3. The summed E-state index contributed by atoms with van der Waals surface area (Å²) in [5, 5.41) is 14.4. The van der Waals surface area contributed by atoms with Crippen LogP contribution < -0.4 is 0 Å². The van der Waals surface area contributed by atoms with Crippen molar-refractivity contribution in [2.45, 2.75) is 12.8 Å². The monoisotopic (exact) mass is 319 g/mol. The lowest BCUT2D eigenvalue weighted by Crippen LogP contribution is -2.07. The smallest absolute Gasteiger partial charge is 0.303 e. The number of carbonyl (C=O) groups is 1. The average Bonchev–Trinajstić information content (AvgIpc) is 3.06. The van der Waals surface area contributed by atoms with Crippen molar-refractivity contribution >= 4 is 22.5 Å². The van der Waals surface area contributed by atoms with Crippen molar-refractivity contribution < 1.29 is 9.90 Å². The number of carboxylic acids is 1. The summed E-state index contributed by atoms with van der Waals surface area (Å²) in [6, 6.07) is 11.3. The third-order valence-corrected chi connectivity index (χ3v) is 3.73. The maximum Gasteiger partial charge on any atom is 0.303 e. The van der Waals surface area contributed by atoms with Gasteiger partial charge in [-0.15, -0.1) is 5.10 Å². The van der Waals surface area contributed by atoms with Crippen LogP contribution in [-0.4, -0.2) is 35.6 Å². The second kappa shape index (κ2) is 5.69. The number of benzene rings is 1. The van der Waals surface area contributed by atoms with Crippen LogP contribution in [0.2, 0.25) is 0 Å². The van der Waals surface area contributed by atoms with E-state index in [4.69, 9.17) is 5.11 Å². The minimum absolute atomic E-state index is 0.0114. The van der Waals surface area contributed by atoms with Gasteiger partial charge in [0.1, 0.15) is 5.82 Å². The summed E-state index contributed by atoms with van der Waals surface area (Å²) in [5.41, 5.74) is 2.24. The van der Waals surface area contributed by atoms with Crippen LogP contribution in [0.4, 0.5) is 0 Å². The summed E-state index contributed by atoms with van der Waals surface area (Å²) < 4.78 is 1.63. The number of hydrogen-bond donors (Lipinski definition) is 1. The lowest BCUT2D eigenvalue weighted by atomic mass is 10.2. The van der Waals surface area contributed by atoms with E-state index in [1.54, 1.807) is 16.9 Å². The molecule has 0 aliphatic rings. The Kier molecular flexibility index (Phi) is 3.38. The van der Waals surface area contributed by atoms with E-state index in [0.717, 1.165) is 16.5 Å². The summed E-state index contributed by atoms with van der Waals surface area (Å²) in [6.07, 6.45) is 3.66. The van der Waals surface area contributed by atoms with Crippen LogP contribution in [0.5, 0.6) is 0 Å². The summed E-state index contributed by atoms with van der Waals surface area (Å²) in [7, 11) is 0. The molecule has 3 heterocycles. The van der Waals surface area contributed by atoms with Gasteiger partial charge < -0.3 is 5.11 Å². The first kappa shape index (κ1) is 14.3.